The summed E-state index contributed by atoms with van der Waals surface area (Å²) < 4.78 is 5.55. The number of hydrogen-bond acceptors (Lipinski definition) is 3. The lowest BCUT2D eigenvalue weighted by Crippen LogP contribution is -2.52. The first-order valence-corrected chi connectivity index (χ1v) is 9.41. The molecular formula is C20H19Cl2N3O3. The Balaban J connectivity index is 1.96. The molecule has 0 saturated carbocycles. The molecule has 2 aromatic carbocycles. The quantitative estimate of drug-likeness (QED) is 0.666. The summed E-state index contributed by atoms with van der Waals surface area (Å²) >= 11 is 12.6. The van der Waals surface area contributed by atoms with Crippen LogP contribution < -0.4 is 20.7 Å². The topological polar surface area (TPSA) is 79.5 Å². The maximum absolute atomic E-state index is 13.1. The molecule has 0 radical (unpaired) electrons. The molecule has 0 aliphatic carbocycles. The van der Waals surface area contributed by atoms with Crippen LogP contribution in [0, 0.1) is 5.92 Å². The summed E-state index contributed by atoms with van der Waals surface area (Å²) in [5.74, 6) is -0.681. The third-order valence-electron chi connectivity index (χ3n) is 4.31. The normalized spacial score (nSPS) is 18.8. The zero-order valence-corrected chi connectivity index (χ0v) is 16.6. The minimum Gasteiger partial charge on any atom is -0.492 e. The van der Waals surface area contributed by atoms with Crippen LogP contribution in [-0.2, 0) is 4.79 Å². The molecule has 6 nitrogen and oxygen atoms in total. The zero-order valence-electron chi connectivity index (χ0n) is 15.1. The molecule has 0 aromatic heterocycles. The summed E-state index contributed by atoms with van der Waals surface area (Å²) in [4.78, 5) is 25.2. The molecule has 3 rings (SSSR count). The first kappa shape index (κ1) is 20.0. The van der Waals surface area contributed by atoms with Crippen molar-refractivity contribution in [3.63, 3.8) is 0 Å². The van der Waals surface area contributed by atoms with Crippen molar-refractivity contribution >= 4 is 40.8 Å². The minimum atomic E-state index is -0.843. The van der Waals surface area contributed by atoms with Gasteiger partial charge in [0.05, 0.1) is 18.3 Å². The Morgan fingerprint density at radius 2 is 1.86 bits per heavy atom. The number of ether oxygens (including phenoxy) is 1. The van der Waals surface area contributed by atoms with E-state index in [1.54, 1.807) is 36.4 Å². The largest absolute Gasteiger partial charge is 0.492 e. The number of hydrogen-bond donors (Lipinski definition) is 3. The number of amides is 3. The molecule has 2 aromatic rings. The molecule has 0 spiro atoms. The van der Waals surface area contributed by atoms with Crippen molar-refractivity contribution < 1.29 is 14.3 Å². The van der Waals surface area contributed by atoms with Crippen molar-refractivity contribution in [2.75, 3.05) is 11.9 Å². The van der Waals surface area contributed by atoms with Gasteiger partial charge in [-0.15, -0.1) is 0 Å². The molecule has 3 N–H and O–H groups in total. The summed E-state index contributed by atoms with van der Waals surface area (Å²) in [7, 11) is 0. The lowest BCUT2D eigenvalue weighted by atomic mass is 9.88. The summed E-state index contributed by atoms with van der Waals surface area (Å²) in [5, 5.41) is 8.82. The second-order valence-corrected chi connectivity index (χ2v) is 6.95. The van der Waals surface area contributed by atoms with E-state index in [0.29, 0.717) is 33.7 Å². The van der Waals surface area contributed by atoms with Crippen molar-refractivity contribution in [3.05, 3.63) is 70.3 Å². The van der Waals surface area contributed by atoms with E-state index >= 15 is 0 Å². The minimum absolute atomic E-state index is 0.246. The summed E-state index contributed by atoms with van der Waals surface area (Å²) in [6.45, 7) is 6.17. The van der Waals surface area contributed by atoms with Crippen molar-refractivity contribution in [2.45, 2.75) is 13.0 Å². The molecule has 8 heteroatoms. The number of rotatable bonds is 5. The summed E-state index contributed by atoms with van der Waals surface area (Å²) in [6, 6.07) is 10.8. The number of urea groups is 1. The van der Waals surface area contributed by atoms with Crippen LogP contribution in [0.4, 0.5) is 10.5 Å². The maximum Gasteiger partial charge on any atom is 0.319 e. The van der Waals surface area contributed by atoms with Crippen molar-refractivity contribution in [3.8, 4) is 5.75 Å². The smallest absolute Gasteiger partial charge is 0.319 e. The Kier molecular flexibility index (Phi) is 6.11. The Hall–Kier alpha value is -2.70. The Bertz CT molecular complexity index is 912. The summed E-state index contributed by atoms with van der Waals surface area (Å²) in [6.07, 6.45) is 0. The molecule has 2 atom stereocenters. The molecule has 3 amide bonds. The van der Waals surface area contributed by atoms with E-state index in [4.69, 9.17) is 27.9 Å². The summed E-state index contributed by atoms with van der Waals surface area (Å²) in [5.41, 5.74) is 1.22. The van der Waals surface area contributed by atoms with Gasteiger partial charge in [-0.1, -0.05) is 48.0 Å². The fraction of sp³-hybridized carbons (Fsp3) is 0.200. The molecule has 0 bridgehead atoms. The van der Waals surface area contributed by atoms with Crippen molar-refractivity contribution in [2.24, 2.45) is 5.92 Å². The SMILES string of the molecule is C=C1NC(=O)N[C@H](c2c(Cl)cccc2Cl)[C@H]1C(=O)Nc1ccccc1OCC. The van der Waals surface area contributed by atoms with Gasteiger partial charge in [0.1, 0.15) is 11.7 Å². The lowest BCUT2D eigenvalue weighted by molar-refractivity contribution is -0.119. The van der Waals surface area contributed by atoms with Crippen LogP contribution in [0.25, 0.3) is 0 Å². The van der Waals surface area contributed by atoms with E-state index < -0.39 is 18.0 Å². The van der Waals surface area contributed by atoms with Gasteiger partial charge in [-0.2, -0.15) is 0 Å². The third kappa shape index (κ3) is 4.08. The maximum atomic E-state index is 13.1. The molecule has 146 valence electrons. The molecule has 0 unspecified atom stereocenters. The van der Waals surface area contributed by atoms with Gasteiger partial charge >= 0.3 is 6.03 Å². The predicted octanol–water partition coefficient (Wildman–Crippen LogP) is 4.51. The van der Waals surface area contributed by atoms with Gasteiger partial charge in [0.2, 0.25) is 5.91 Å². The van der Waals surface area contributed by atoms with E-state index in [-0.39, 0.29) is 11.6 Å². The molecule has 1 aliphatic heterocycles. The second kappa shape index (κ2) is 8.54. The predicted molar refractivity (Wildman–Crippen MR) is 110 cm³/mol. The Morgan fingerprint density at radius 3 is 2.54 bits per heavy atom. The van der Waals surface area contributed by atoms with E-state index in [2.05, 4.69) is 22.5 Å². The van der Waals surface area contributed by atoms with Gasteiger partial charge in [-0.25, -0.2) is 4.79 Å². The van der Waals surface area contributed by atoms with Gasteiger partial charge in [-0.3, -0.25) is 4.79 Å². The van der Waals surface area contributed by atoms with Crippen LogP contribution >= 0.6 is 23.2 Å². The number of para-hydroxylation sites is 2. The van der Waals surface area contributed by atoms with E-state index in [0.717, 1.165) is 0 Å². The highest BCUT2D eigenvalue weighted by molar-refractivity contribution is 6.36. The molecular weight excluding hydrogens is 401 g/mol. The molecule has 1 saturated heterocycles. The van der Waals surface area contributed by atoms with E-state index in [9.17, 15) is 9.59 Å². The van der Waals surface area contributed by atoms with Gasteiger partial charge < -0.3 is 20.7 Å². The molecule has 1 fully saturated rings. The average Bonchev–Trinajstić information content (AvgIpc) is 2.63. The number of carbonyl (C=O) groups is 2. The van der Waals surface area contributed by atoms with E-state index in [1.165, 1.54) is 0 Å². The molecule has 1 aliphatic rings. The number of anilines is 1. The van der Waals surface area contributed by atoms with E-state index in [1.807, 2.05) is 13.0 Å². The molecule has 28 heavy (non-hydrogen) atoms. The van der Waals surface area contributed by atoms with Gasteiger partial charge in [-0.05, 0) is 31.2 Å². The fourth-order valence-electron chi connectivity index (χ4n) is 3.10. The first-order valence-electron chi connectivity index (χ1n) is 8.65. The Morgan fingerprint density at radius 1 is 1.18 bits per heavy atom. The second-order valence-electron chi connectivity index (χ2n) is 6.13. The van der Waals surface area contributed by atoms with Crippen LogP contribution in [-0.4, -0.2) is 18.5 Å². The van der Waals surface area contributed by atoms with Crippen LogP contribution in [0.2, 0.25) is 10.0 Å². The Labute approximate surface area is 172 Å². The van der Waals surface area contributed by atoms with Crippen LogP contribution in [0.15, 0.2) is 54.7 Å². The third-order valence-corrected chi connectivity index (χ3v) is 4.97. The van der Waals surface area contributed by atoms with Gasteiger partial charge in [0.25, 0.3) is 0 Å². The van der Waals surface area contributed by atoms with Crippen molar-refractivity contribution in [1.29, 1.82) is 0 Å². The lowest BCUT2D eigenvalue weighted by Gasteiger charge is -2.34. The highest BCUT2D eigenvalue weighted by atomic mass is 35.5. The molecule has 1 heterocycles. The number of nitrogens with one attached hydrogen (secondary N) is 3. The first-order chi connectivity index (χ1) is 13.4. The van der Waals surface area contributed by atoms with Crippen LogP contribution in [0.5, 0.6) is 5.75 Å². The van der Waals surface area contributed by atoms with Crippen LogP contribution in [0.3, 0.4) is 0 Å². The zero-order chi connectivity index (χ0) is 20.3. The van der Waals surface area contributed by atoms with Crippen molar-refractivity contribution in [1.82, 2.24) is 10.6 Å². The average molecular weight is 420 g/mol. The number of carbonyl (C=O) groups excluding carboxylic acids is 2. The van der Waals surface area contributed by atoms with Gasteiger partial charge in [0.15, 0.2) is 0 Å². The monoisotopic (exact) mass is 419 g/mol. The van der Waals surface area contributed by atoms with Crippen LogP contribution in [0.1, 0.15) is 18.5 Å². The highest BCUT2D eigenvalue weighted by Crippen LogP contribution is 2.38. The highest BCUT2D eigenvalue weighted by Gasteiger charge is 2.39. The number of halogens is 2. The number of benzene rings is 2. The standard InChI is InChI=1S/C20H19Cl2N3O3/c1-3-28-15-10-5-4-9-14(15)24-19(26)16-11(2)23-20(27)25-18(16)17-12(21)7-6-8-13(17)22/h4-10,16,18H,2-3H2,1H3,(H,24,26)(H2,23,25,27)/t16-,18-/m0/s1. The fourth-order valence-corrected chi connectivity index (χ4v) is 3.74. The van der Waals surface area contributed by atoms with Gasteiger partial charge in [0, 0.05) is 21.3 Å².